The van der Waals surface area contributed by atoms with Gasteiger partial charge in [-0.25, -0.2) is 14.6 Å². The minimum absolute atomic E-state index is 0.0107. The number of carboxylic acid groups (broad SMARTS) is 1. The van der Waals surface area contributed by atoms with E-state index in [4.69, 9.17) is 9.84 Å². The Bertz CT molecular complexity index is 732. The summed E-state index contributed by atoms with van der Waals surface area (Å²) in [6.45, 7) is 3.00. The van der Waals surface area contributed by atoms with Crippen LogP contribution in [0.5, 0.6) is 0 Å². The van der Waals surface area contributed by atoms with Gasteiger partial charge in [0, 0.05) is 24.7 Å². The average molecular weight is 363 g/mol. The number of carbonyl (C=O) groups is 2. The molecule has 1 heterocycles. The first-order valence-corrected chi connectivity index (χ1v) is 8.73. The molecule has 2 aromatic rings. The summed E-state index contributed by atoms with van der Waals surface area (Å²) in [6.07, 6.45) is 0.809. The first-order chi connectivity index (χ1) is 12.0. The highest BCUT2D eigenvalue weighted by Gasteiger charge is 2.18. The van der Waals surface area contributed by atoms with Gasteiger partial charge in [0.1, 0.15) is 5.01 Å². The molecule has 2 rings (SSSR count). The number of aromatic carboxylic acids is 1. The number of thiazole rings is 1. The number of urea groups is 1. The molecule has 2 N–H and O–H groups in total. The molecule has 0 saturated heterocycles. The molecule has 0 aliphatic rings. The monoisotopic (exact) mass is 363 g/mol. The second-order valence-electron chi connectivity index (χ2n) is 5.29. The molecule has 0 spiro atoms. The van der Waals surface area contributed by atoms with E-state index in [-0.39, 0.29) is 18.3 Å². The van der Waals surface area contributed by atoms with Crippen LogP contribution in [0, 0.1) is 0 Å². The maximum Gasteiger partial charge on any atom is 0.355 e. The summed E-state index contributed by atoms with van der Waals surface area (Å²) in [4.78, 5) is 29.2. The van der Waals surface area contributed by atoms with Crippen molar-refractivity contribution < 1.29 is 19.4 Å². The summed E-state index contributed by atoms with van der Waals surface area (Å²) in [7, 11) is 1.56. The van der Waals surface area contributed by atoms with E-state index in [1.54, 1.807) is 12.0 Å². The summed E-state index contributed by atoms with van der Waals surface area (Å²) in [5.74, 6) is -1.08. The number of para-hydroxylation sites is 1. The molecule has 0 unspecified atom stereocenters. The number of aromatic nitrogens is 1. The van der Waals surface area contributed by atoms with Crippen LogP contribution in [0.2, 0.25) is 0 Å². The summed E-state index contributed by atoms with van der Waals surface area (Å²) < 4.78 is 5.07. The highest BCUT2D eigenvalue weighted by molar-refractivity contribution is 7.09. The van der Waals surface area contributed by atoms with E-state index in [0.717, 1.165) is 17.7 Å². The molecule has 8 heteroatoms. The minimum atomic E-state index is -1.08. The van der Waals surface area contributed by atoms with Crippen LogP contribution in [0.15, 0.2) is 29.6 Å². The van der Waals surface area contributed by atoms with Crippen molar-refractivity contribution in [1.82, 2.24) is 9.88 Å². The molecule has 0 aliphatic carbocycles. The fourth-order valence-electron chi connectivity index (χ4n) is 2.24. The standard InChI is InChI=1S/C17H21N3O4S/c1-3-12-6-4-5-7-13(12)19-17(23)20(8-9-24-2)10-15-18-14(11-25-15)16(21)22/h4-7,11H,3,8-10H2,1-2H3,(H,19,23)(H,21,22). The summed E-state index contributed by atoms with van der Waals surface area (Å²) in [5.41, 5.74) is 1.80. The number of aryl methyl sites for hydroxylation is 1. The molecule has 0 atom stereocenters. The number of hydrogen-bond donors (Lipinski definition) is 2. The van der Waals surface area contributed by atoms with Crippen molar-refractivity contribution in [3.63, 3.8) is 0 Å². The lowest BCUT2D eigenvalue weighted by molar-refractivity contribution is 0.0691. The van der Waals surface area contributed by atoms with Gasteiger partial charge in [-0.05, 0) is 18.1 Å². The largest absolute Gasteiger partial charge is 0.476 e. The maximum absolute atomic E-state index is 12.7. The van der Waals surface area contributed by atoms with Crippen LogP contribution in [-0.2, 0) is 17.7 Å². The fraction of sp³-hybridized carbons (Fsp3) is 0.353. The number of rotatable bonds is 8. The summed E-state index contributed by atoms with van der Waals surface area (Å²) in [5, 5.41) is 13.9. The van der Waals surface area contributed by atoms with Crippen LogP contribution in [0.4, 0.5) is 10.5 Å². The Morgan fingerprint density at radius 3 is 2.76 bits per heavy atom. The average Bonchev–Trinajstić information content (AvgIpc) is 3.08. The third-order valence-electron chi connectivity index (χ3n) is 3.59. The molecule has 0 radical (unpaired) electrons. The molecule has 1 aromatic heterocycles. The SMILES string of the molecule is CCc1ccccc1NC(=O)N(CCOC)Cc1nc(C(=O)O)cs1. The highest BCUT2D eigenvalue weighted by atomic mass is 32.1. The van der Waals surface area contributed by atoms with E-state index in [0.29, 0.717) is 18.2 Å². The van der Waals surface area contributed by atoms with Crippen molar-refractivity contribution in [1.29, 1.82) is 0 Å². The predicted molar refractivity (Wildman–Crippen MR) is 96.2 cm³/mol. The lowest BCUT2D eigenvalue weighted by Gasteiger charge is -2.22. The number of methoxy groups -OCH3 is 1. The molecule has 7 nitrogen and oxygen atoms in total. The van der Waals surface area contributed by atoms with Gasteiger partial charge >= 0.3 is 12.0 Å². The topological polar surface area (TPSA) is 91.8 Å². The summed E-state index contributed by atoms with van der Waals surface area (Å²) >= 11 is 1.22. The van der Waals surface area contributed by atoms with Gasteiger partial charge in [-0.3, -0.25) is 0 Å². The number of anilines is 1. The van der Waals surface area contributed by atoms with Crippen LogP contribution in [-0.4, -0.2) is 47.3 Å². The maximum atomic E-state index is 12.7. The Labute approximate surface area is 150 Å². The van der Waals surface area contributed by atoms with Crippen LogP contribution >= 0.6 is 11.3 Å². The second-order valence-corrected chi connectivity index (χ2v) is 6.23. The van der Waals surface area contributed by atoms with E-state index in [2.05, 4.69) is 10.3 Å². The Kier molecular flexibility index (Phi) is 6.91. The molecule has 0 aliphatic heterocycles. The van der Waals surface area contributed by atoms with Crippen molar-refractivity contribution in [2.24, 2.45) is 0 Å². The minimum Gasteiger partial charge on any atom is -0.476 e. The van der Waals surface area contributed by atoms with Gasteiger partial charge in [0.15, 0.2) is 5.69 Å². The van der Waals surface area contributed by atoms with E-state index < -0.39 is 5.97 Å². The lowest BCUT2D eigenvalue weighted by atomic mass is 10.1. The zero-order valence-corrected chi connectivity index (χ0v) is 15.0. The quantitative estimate of drug-likeness (QED) is 0.752. The van der Waals surface area contributed by atoms with Crippen LogP contribution in [0.1, 0.15) is 28.0 Å². The van der Waals surface area contributed by atoms with E-state index in [1.165, 1.54) is 16.7 Å². The van der Waals surface area contributed by atoms with Crippen molar-refractivity contribution in [2.75, 3.05) is 25.6 Å². The molecule has 25 heavy (non-hydrogen) atoms. The lowest BCUT2D eigenvalue weighted by Crippen LogP contribution is -2.37. The zero-order valence-electron chi connectivity index (χ0n) is 14.2. The van der Waals surface area contributed by atoms with Gasteiger partial charge in [0.2, 0.25) is 0 Å². The van der Waals surface area contributed by atoms with Crippen molar-refractivity contribution in [2.45, 2.75) is 19.9 Å². The van der Waals surface area contributed by atoms with Gasteiger partial charge in [0.25, 0.3) is 0 Å². The van der Waals surface area contributed by atoms with Crippen molar-refractivity contribution in [3.05, 3.63) is 45.9 Å². The molecule has 1 aromatic carbocycles. The van der Waals surface area contributed by atoms with E-state index >= 15 is 0 Å². The third kappa shape index (κ3) is 5.27. The number of amides is 2. The molecular formula is C17H21N3O4S. The first kappa shape index (κ1) is 18.9. The number of nitrogens with zero attached hydrogens (tertiary/aromatic N) is 2. The number of carboxylic acids is 1. The van der Waals surface area contributed by atoms with Gasteiger partial charge in [-0.15, -0.1) is 11.3 Å². The van der Waals surface area contributed by atoms with Crippen LogP contribution in [0.3, 0.4) is 0 Å². The zero-order chi connectivity index (χ0) is 18.2. The highest BCUT2D eigenvalue weighted by Crippen LogP contribution is 2.18. The molecular weight excluding hydrogens is 342 g/mol. The van der Waals surface area contributed by atoms with Gasteiger partial charge in [-0.2, -0.15) is 0 Å². The molecule has 134 valence electrons. The van der Waals surface area contributed by atoms with Gasteiger partial charge in [-0.1, -0.05) is 25.1 Å². The number of benzene rings is 1. The normalized spacial score (nSPS) is 10.5. The van der Waals surface area contributed by atoms with Crippen molar-refractivity contribution in [3.8, 4) is 0 Å². The third-order valence-corrected chi connectivity index (χ3v) is 4.42. The summed E-state index contributed by atoms with van der Waals surface area (Å²) in [6, 6.07) is 7.35. The van der Waals surface area contributed by atoms with Gasteiger partial charge in [0.05, 0.1) is 13.2 Å². The Hall–Kier alpha value is -2.45. The number of carbonyl (C=O) groups excluding carboxylic acids is 1. The molecule has 2 amide bonds. The number of hydrogen-bond acceptors (Lipinski definition) is 5. The number of nitrogens with one attached hydrogen (secondary N) is 1. The smallest absolute Gasteiger partial charge is 0.355 e. The molecule has 0 saturated carbocycles. The Morgan fingerprint density at radius 1 is 1.36 bits per heavy atom. The van der Waals surface area contributed by atoms with E-state index in [1.807, 2.05) is 31.2 Å². The Balaban J connectivity index is 2.11. The molecule has 0 bridgehead atoms. The van der Waals surface area contributed by atoms with Crippen LogP contribution in [0.25, 0.3) is 0 Å². The number of ether oxygens (including phenoxy) is 1. The van der Waals surface area contributed by atoms with E-state index in [9.17, 15) is 9.59 Å². The first-order valence-electron chi connectivity index (χ1n) is 7.85. The molecule has 0 fully saturated rings. The van der Waals surface area contributed by atoms with Crippen molar-refractivity contribution >= 4 is 29.0 Å². The fourth-order valence-corrected chi connectivity index (χ4v) is 3.03. The van der Waals surface area contributed by atoms with Gasteiger partial charge < -0.3 is 20.1 Å². The second kappa shape index (κ2) is 9.14. The Morgan fingerprint density at radius 2 is 2.12 bits per heavy atom. The predicted octanol–water partition coefficient (Wildman–Crippen LogP) is 3.08. The van der Waals surface area contributed by atoms with Crippen LogP contribution < -0.4 is 5.32 Å².